The fraction of sp³-hybridized carbons (Fsp3) is 0.462. The molecule has 1 unspecified atom stereocenters. The second kappa shape index (κ2) is 6.95. The monoisotopic (exact) mass is 318 g/mol. The number of anilines is 2. The Morgan fingerprint density at radius 1 is 1.45 bits per heavy atom. The molecule has 0 spiro atoms. The second-order valence-electron chi connectivity index (χ2n) is 4.58. The van der Waals surface area contributed by atoms with Crippen molar-refractivity contribution in [3.8, 4) is 0 Å². The van der Waals surface area contributed by atoms with Crippen LogP contribution < -0.4 is 11.1 Å². The highest BCUT2D eigenvalue weighted by Gasteiger charge is 2.27. The number of amides is 1. The van der Waals surface area contributed by atoms with Gasteiger partial charge in [0.2, 0.25) is 5.91 Å². The highest BCUT2D eigenvalue weighted by atomic mass is 35.5. The van der Waals surface area contributed by atoms with Gasteiger partial charge in [0.05, 0.1) is 17.1 Å². The minimum absolute atomic E-state index is 0.00812. The van der Waals surface area contributed by atoms with E-state index in [0.717, 1.165) is 6.42 Å². The van der Waals surface area contributed by atoms with E-state index >= 15 is 0 Å². The molecule has 0 aliphatic heterocycles. The first-order valence-corrected chi connectivity index (χ1v) is 8.44. The third-order valence-electron chi connectivity index (χ3n) is 2.96. The molecule has 5 nitrogen and oxygen atoms in total. The zero-order valence-electron chi connectivity index (χ0n) is 11.5. The molecule has 7 heteroatoms. The first-order valence-electron chi connectivity index (χ1n) is 6.35. The molecule has 0 heterocycles. The third-order valence-corrected chi connectivity index (χ3v) is 5.35. The highest BCUT2D eigenvalue weighted by molar-refractivity contribution is 7.92. The molecular formula is C13H19ClN2O3S. The van der Waals surface area contributed by atoms with Gasteiger partial charge in [-0.05, 0) is 31.5 Å². The zero-order chi connectivity index (χ0) is 15.3. The Hall–Kier alpha value is -1.27. The number of carbonyl (C=O) groups is 1. The van der Waals surface area contributed by atoms with Crippen molar-refractivity contribution >= 4 is 38.7 Å². The summed E-state index contributed by atoms with van der Waals surface area (Å²) in [5, 5.41) is 1.86. The average molecular weight is 319 g/mol. The maximum atomic E-state index is 12.0. The van der Waals surface area contributed by atoms with Gasteiger partial charge in [-0.3, -0.25) is 4.79 Å². The smallest absolute Gasteiger partial charge is 0.242 e. The molecule has 3 N–H and O–H groups in total. The lowest BCUT2D eigenvalue weighted by atomic mass is 10.2. The maximum Gasteiger partial charge on any atom is 0.242 e. The van der Waals surface area contributed by atoms with E-state index in [1.807, 2.05) is 6.92 Å². The van der Waals surface area contributed by atoms with Gasteiger partial charge in [-0.15, -0.1) is 0 Å². The molecule has 112 valence electrons. The quantitative estimate of drug-likeness (QED) is 0.788. The lowest BCUT2D eigenvalue weighted by Crippen LogP contribution is -2.34. The molecule has 1 rings (SSSR count). The Bertz CT molecular complexity index is 587. The predicted octanol–water partition coefficient (Wildman–Crippen LogP) is 2.46. The van der Waals surface area contributed by atoms with Gasteiger partial charge in [-0.1, -0.05) is 24.9 Å². The summed E-state index contributed by atoms with van der Waals surface area (Å²) in [6.07, 6.45) is 1.31. The fourth-order valence-corrected chi connectivity index (χ4v) is 3.18. The number of hydrogen-bond donors (Lipinski definition) is 2. The molecule has 1 aromatic rings. The number of sulfone groups is 1. The van der Waals surface area contributed by atoms with Crippen LogP contribution in [-0.4, -0.2) is 25.3 Å². The van der Waals surface area contributed by atoms with Gasteiger partial charge in [0.25, 0.3) is 0 Å². The van der Waals surface area contributed by atoms with Crippen LogP contribution in [0.2, 0.25) is 5.02 Å². The first kappa shape index (κ1) is 16.8. The van der Waals surface area contributed by atoms with E-state index in [1.54, 1.807) is 12.1 Å². The van der Waals surface area contributed by atoms with Crippen LogP contribution >= 0.6 is 11.6 Å². The predicted molar refractivity (Wildman–Crippen MR) is 82.7 cm³/mol. The van der Waals surface area contributed by atoms with E-state index in [0.29, 0.717) is 22.8 Å². The maximum absolute atomic E-state index is 12.0. The molecule has 0 aliphatic carbocycles. The van der Waals surface area contributed by atoms with Gasteiger partial charge in [0.1, 0.15) is 5.25 Å². The average Bonchev–Trinajstić information content (AvgIpc) is 2.38. The third kappa shape index (κ3) is 4.38. The molecule has 0 bridgehead atoms. The largest absolute Gasteiger partial charge is 0.397 e. The number of halogens is 1. The van der Waals surface area contributed by atoms with Crippen LogP contribution in [0.5, 0.6) is 0 Å². The van der Waals surface area contributed by atoms with Crippen molar-refractivity contribution in [3.63, 3.8) is 0 Å². The van der Waals surface area contributed by atoms with Crippen molar-refractivity contribution in [1.82, 2.24) is 0 Å². The number of nitrogens with one attached hydrogen (secondary N) is 1. The molecule has 0 radical (unpaired) electrons. The van der Waals surface area contributed by atoms with E-state index < -0.39 is 21.0 Å². The topological polar surface area (TPSA) is 89.3 Å². The summed E-state index contributed by atoms with van der Waals surface area (Å²) in [6, 6.07) is 4.61. The van der Waals surface area contributed by atoms with Crippen molar-refractivity contribution in [1.29, 1.82) is 0 Å². The summed E-state index contributed by atoms with van der Waals surface area (Å²) in [6.45, 7) is 3.28. The van der Waals surface area contributed by atoms with Crippen LogP contribution in [0.4, 0.5) is 11.4 Å². The summed E-state index contributed by atoms with van der Waals surface area (Å²) < 4.78 is 23.9. The Labute approximate surface area is 124 Å². The summed E-state index contributed by atoms with van der Waals surface area (Å²) in [5.74, 6) is -0.580. The van der Waals surface area contributed by atoms with Crippen LogP contribution in [0, 0.1) is 0 Å². The van der Waals surface area contributed by atoms with Crippen molar-refractivity contribution in [2.24, 2.45) is 0 Å². The van der Waals surface area contributed by atoms with E-state index in [2.05, 4.69) is 5.32 Å². The minimum atomic E-state index is -3.44. The summed E-state index contributed by atoms with van der Waals surface area (Å²) >= 11 is 5.76. The number of nitrogens with two attached hydrogens (primary N) is 1. The van der Waals surface area contributed by atoms with Crippen molar-refractivity contribution < 1.29 is 13.2 Å². The van der Waals surface area contributed by atoms with Crippen LogP contribution in [-0.2, 0) is 14.6 Å². The number of unbranched alkanes of at least 4 members (excludes halogenated alkanes) is 1. The number of nitrogen functional groups attached to an aromatic ring is 1. The van der Waals surface area contributed by atoms with Crippen molar-refractivity contribution in [3.05, 3.63) is 23.2 Å². The molecular weight excluding hydrogens is 300 g/mol. The molecule has 1 atom stereocenters. The normalized spacial score (nSPS) is 12.9. The van der Waals surface area contributed by atoms with Gasteiger partial charge < -0.3 is 11.1 Å². The summed E-state index contributed by atoms with van der Waals surface area (Å²) in [7, 11) is -3.44. The molecule has 0 fully saturated rings. The molecule has 1 aromatic carbocycles. The van der Waals surface area contributed by atoms with Crippen molar-refractivity contribution in [2.75, 3.05) is 16.8 Å². The Morgan fingerprint density at radius 2 is 2.10 bits per heavy atom. The molecule has 0 aliphatic rings. The summed E-state index contributed by atoms with van der Waals surface area (Å²) in [4.78, 5) is 12.0. The van der Waals surface area contributed by atoms with Gasteiger partial charge in [-0.2, -0.15) is 0 Å². The zero-order valence-corrected chi connectivity index (χ0v) is 13.1. The van der Waals surface area contributed by atoms with Gasteiger partial charge in [0, 0.05) is 5.02 Å². The lowest BCUT2D eigenvalue weighted by molar-refractivity contribution is -0.115. The van der Waals surface area contributed by atoms with Crippen LogP contribution in [0.15, 0.2) is 18.2 Å². The SMILES string of the molecule is CCCCS(=O)(=O)C(C)C(=O)Nc1ccc(Cl)cc1N. The van der Waals surface area contributed by atoms with Crippen LogP contribution in [0.1, 0.15) is 26.7 Å². The van der Waals surface area contributed by atoms with Crippen LogP contribution in [0.25, 0.3) is 0 Å². The minimum Gasteiger partial charge on any atom is -0.397 e. The number of benzene rings is 1. The molecule has 20 heavy (non-hydrogen) atoms. The van der Waals surface area contributed by atoms with E-state index in [4.69, 9.17) is 17.3 Å². The molecule has 0 aromatic heterocycles. The Balaban J connectivity index is 2.80. The molecule has 1 amide bonds. The molecule has 0 saturated carbocycles. The lowest BCUT2D eigenvalue weighted by Gasteiger charge is -2.14. The first-order chi connectivity index (χ1) is 9.27. The van der Waals surface area contributed by atoms with E-state index in [9.17, 15) is 13.2 Å². The number of hydrogen-bond acceptors (Lipinski definition) is 4. The Kier molecular flexibility index (Phi) is 5.83. The second-order valence-corrected chi connectivity index (χ2v) is 7.46. The Morgan fingerprint density at radius 3 is 2.65 bits per heavy atom. The van der Waals surface area contributed by atoms with Crippen molar-refractivity contribution in [2.45, 2.75) is 31.9 Å². The van der Waals surface area contributed by atoms with Gasteiger partial charge >= 0.3 is 0 Å². The van der Waals surface area contributed by atoms with Gasteiger partial charge in [0.15, 0.2) is 9.84 Å². The molecule has 0 saturated heterocycles. The van der Waals surface area contributed by atoms with Crippen LogP contribution in [0.3, 0.4) is 0 Å². The number of carbonyl (C=O) groups excluding carboxylic acids is 1. The highest BCUT2D eigenvalue weighted by Crippen LogP contribution is 2.23. The summed E-state index contributed by atoms with van der Waals surface area (Å²) in [5.41, 5.74) is 6.36. The number of rotatable bonds is 6. The van der Waals surface area contributed by atoms with Gasteiger partial charge in [-0.25, -0.2) is 8.42 Å². The van der Waals surface area contributed by atoms with E-state index in [-0.39, 0.29) is 5.75 Å². The van der Waals surface area contributed by atoms with E-state index in [1.165, 1.54) is 13.0 Å². The fourth-order valence-electron chi connectivity index (χ4n) is 1.57. The standard InChI is InChI=1S/C13H19ClN2O3S/c1-3-4-7-20(18,19)9(2)13(17)16-12-6-5-10(14)8-11(12)15/h5-6,8-9H,3-4,7,15H2,1-2H3,(H,16,17).